The second-order valence-corrected chi connectivity index (χ2v) is 12.0. The van der Waals surface area contributed by atoms with Crippen molar-refractivity contribution in [2.24, 2.45) is 0 Å². The number of benzene rings is 6. The minimum absolute atomic E-state index is 0. The number of aryl methyl sites for hydroxylation is 1. The third-order valence-electron chi connectivity index (χ3n) is 9.30. The van der Waals surface area contributed by atoms with E-state index in [1.165, 1.54) is 12.3 Å². The van der Waals surface area contributed by atoms with E-state index in [0.29, 0.717) is 22.9 Å². The van der Waals surface area contributed by atoms with Gasteiger partial charge in [0, 0.05) is 48.0 Å². The molecule has 1 N–H and O–H groups in total. The van der Waals surface area contributed by atoms with Gasteiger partial charge < -0.3 is 4.57 Å². The van der Waals surface area contributed by atoms with Gasteiger partial charge in [0.15, 0.2) is 0 Å². The Morgan fingerprint density at radius 2 is 1.36 bits per heavy atom. The van der Waals surface area contributed by atoms with E-state index in [-0.39, 0.29) is 26.6 Å². The van der Waals surface area contributed by atoms with Crippen molar-refractivity contribution in [3.05, 3.63) is 198 Å². The molecule has 246 valence electrons. The minimum atomic E-state index is -2.50. The van der Waals surface area contributed by atoms with Crippen LogP contribution in [0.3, 0.4) is 0 Å². The Hall–Kier alpha value is -5.48. The van der Waals surface area contributed by atoms with E-state index in [9.17, 15) is 0 Å². The summed E-state index contributed by atoms with van der Waals surface area (Å²) in [5, 5.41) is 4.61. The Balaban J connectivity index is 0.00000441. The molecule has 0 bridgehead atoms. The molecule has 3 heterocycles. The normalized spacial score (nSPS) is 15.0. The molecule has 8 aromatic rings. The Labute approximate surface area is 314 Å². The smallest absolute Gasteiger partial charge is 0.145 e. The Bertz CT molecular complexity index is 2660. The molecule has 0 saturated heterocycles. The van der Waals surface area contributed by atoms with Crippen molar-refractivity contribution in [3.8, 4) is 5.82 Å². The molecule has 9 rings (SSSR count). The summed E-state index contributed by atoms with van der Waals surface area (Å²) in [6, 6.07) is 56.4. The summed E-state index contributed by atoms with van der Waals surface area (Å²) < 4.78 is 51.0. The van der Waals surface area contributed by atoms with Gasteiger partial charge in [-0.3, -0.25) is 0 Å². The van der Waals surface area contributed by atoms with E-state index in [1.807, 2.05) is 95.6 Å². The first-order valence-electron chi connectivity index (χ1n) is 19.0. The Morgan fingerprint density at radius 1 is 0.660 bits per heavy atom. The van der Waals surface area contributed by atoms with Crippen molar-refractivity contribution in [3.63, 3.8) is 0 Å². The number of hydrogen-bond donors (Lipinski definition) is 0. The summed E-state index contributed by atoms with van der Waals surface area (Å²) >= 11 is 0. The molecule has 0 spiro atoms. The molecular weight excluding hydrogens is 796 g/mol. The van der Waals surface area contributed by atoms with Crippen LogP contribution in [0.4, 0.5) is 17.1 Å². The number of anilines is 3. The molecule has 2 aromatic heterocycles. The number of aromatic nitrogens is 2. The fourth-order valence-electron chi connectivity index (χ4n) is 7.19. The van der Waals surface area contributed by atoms with Gasteiger partial charge >= 0.3 is 0 Å². The molecule has 0 radical (unpaired) electrons. The van der Waals surface area contributed by atoms with Gasteiger partial charge in [-0.05, 0) is 59.3 Å². The van der Waals surface area contributed by atoms with Crippen LogP contribution in [0, 0.1) is 19.0 Å². The summed E-state index contributed by atoms with van der Waals surface area (Å²) in [6.07, 6.45) is 1.54. The predicted molar refractivity (Wildman–Crippen MR) is 198 cm³/mol. The van der Waals surface area contributed by atoms with Gasteiger partial charge in [-0.2, -0.15) is 35.3 Å². The largest absolute Gasteiger partial charge is 0.319 e. The van der Waals surface area contributed by atoms with Gasteiger partial charge in [-0.15, -0.1) is 38.8 Å². The van der Waals surface area contributed by atoms with Crippen LogP contribution in [0.5, 0.6) is 0 Å². The summed E-state index contributed by atoms with van der Waals surface area (Å²) in [7, 11) is 0. The first kappa shape index (κ1) is 25.5. The first-order valence-corrected chi connectivity index (χ1v) is 16.0. The van der Waals surface area contributed by atoms with Crippen molar-refractivity contribution < 1.29 is 34.2 Å². The number of hydrogen-bond acceptors (Lipinski definition) is 3. The molecular formula is C44H33N4OPt-. The van der Waals surface area contributed by atoms with Crippen molar-refractivity contribution in [2.75, 3.05) is 17.1 Å². The first-order chi connectivity index (χ1) is 26.5. The molecule has 0 unspecified atom stereocenters. The maximum Gasteiger partial charge on any atom is 0.145 e. The maximum absolute atomic E-state index is 8.21. The quantitative estimate of drug-likeness (QED) is 0.0952. The van der Waals surface area contributed by atoms with E-state index in [1.54, 1.807) is 23.3 Å². The van der Waals surface area contributed by atoms with E-state index in [4.69, 9.17) is 8.22 Å². The van der Waals surface area contributed by atoms with Crippen molar-refractivity contribution in [1.82, 2.24) is 9.55 Å². The van der Waals surface area contributed by atoms with Crippen LogP contribution < -0.4 is 10.1 Å². The maximum atomic E-state index is 8.21. The zero-order valence-corrected chi connectivity index (χ0v) is 28.8. The van der Waals surface area contributed by atoms with Crippen LogP contribution in [0.2, 0.25) is 0 Å². The van der Waals surface area contributed by atoms with E-state index in [0.717, 1.165) is 49.1 Å². The average molecular weight is 835 g/mol. The standard InChI is InChI=1S/C44H32N4O.Pt/c1-31-26-27-45-43(28-31)47-39-21-10-9-20-37(39)38-25-24-35(30-42(38)47)44(32-14-5-3-6-15-32,33-16-7-4-8-17-33)34-18-13-19-36(29-34)48-41-23-12-11-22-40(41)46(2)49-48;/h3-28H,1-2H3;/q-2;/p+1/i1D3,2D3;. The molecule has 1 aliphatic heterocycles. The number of hydroxylamine groups is 1. The Kier molecular flexibility index (Phi) is 6.50. The number of nitrogens with zero attached hydrogens (tertiary/aromatic N) is 4. The van der Waals surface area contributed by atoms with Gasteiger partial charge in [-0.1, -0.05) is 96.5 Å². The topological polar surface area (TPSA) is 37.1 Å². The molecule has 1 aliphatic rings. The molecule has 6 aromatic carbocycles. The SMILES string of the molecule is [2H]C([2H])([2H])c1ccnc(-n2c3[c-]c(C(c4[c-]c(N5[OH+]N(C([2H])([2H])[2H])c6ccccc65)ccc4)(c4ccccc4)c4ccccc4)ccc3c3ccccc32)c1.[Pt]. The van der Waals surface area contributed by atoms with Gasteiger partial charge in [0.1, 0.15) is 17.2 Å². The second kappa shape index (κ2) is 12.8. The summed E-state index contributed by atoms with van der Waals surface area (Å²) in [5.74, 6) is 0.472. The third-order valence-corrected chi connectivity index (χ3v) is 9.30. The van der Waals surface area contributed by atoms with Crippen molar-refractivity contribution in [2.45, 2.75) is 12.3 Å². The molecule has 6 heteroatoms. The van der Waals surface area contributed by atoms with Crippen LogP contribution in [0.1, 0.15) is 36.0 Å². The minimum Gasteiger partial charge on any atom is -0.319 e. The van der Waals surface area contributed by atoms with Crippen LogP contribution in [0.15, 0.2) is 158 Å². The zero-order valence-electron chi connectivity index (χ0n) is 32.6. The van der Waals surface area contributed by atoms with E-state index >= 15 is 0 Å². The summed E-state index contributed by atoms with van der Waals surface area (Å²) in [5.41, 5.74) is 5.97. The fourth-order valence-corrected chi connectivity index (χ4v) is 7.19. The molecule has 0 atom stereocenters. The number of fused-ring (bicyclic) bond motifs is 4. The van der Waals surface area contributed by atoms with Crippen LogP contribution in [-0.2, 0) is 26.5 Å². The van der Waals surface area contributed by atoms with Crippen LogP contribution >= 0.6 is 0 Å². The molecule has 50 heavy (non-hydrogen) atoms. The van der Waals surface area contributed by atoms with Gasteiger partial charge in [-0.25, -0.2) is 4.98 Å². The number of para-hydroxylation sites is 3. The predicted octanol–water partition coefficient (Wildman–Crippen LogP) is 9.90. The van der Waals surface area contributed by atoms with Gasteiger partial charge in [0.05, 0.1) is 11.1 Å². The van der Waals surface area contributed by atoms with Crippen molar-refractivity contribution in [1.29, 1.82) is 0 Å². The van der Waals surface area contributed by atoms with Crippen LogP contribution in [-0.4, -0.2) is 21.5 Å². The molecule has 0 saturated carbocycles. The second-order valence-electron chi connectivity index (χ2n) is 12.0. The van der Waals surface area contributed by atoms with E-state index < -0.39 is 19.2 Å². The molecule has 0 aliphatic carbocycles. The monoisotopic (exact) mass is 834 g/mol. The summed E-state index contributed by atoms with van der Waals surface area (Å²) in [6.45, 7) is -4.81. The zero-order chi connectivity index (χ0) is 38.0. The fraction of sp³-hybridized carbons (Fsp3) is 0.0682. The van der Waals surface area contributed by atoms with Crippen molar-refractivity contribution >= 4 is 38.9 Å². The average Bonchev–Trinajstić information content (AvgIpc) is 3.76. The van der Waals surface area contributed by atoms with Gasteiger partial charge in [0.2, 0.25) is 0 Å². The number of pyridine rings is 1. The third kappa shape index (κ3) is 4.96. The molecule has 0 fully saturated rings. The molecule has 0 amide bonds. The summed E-state index contributed by atoms with van der Waals surface area (Å²) in [4.78, 5) is 9.27. The molecule has 5 nitrogen and oxygen atoms in total. The Morgan fingerprint density at radius 3 is 2.12 bits per heavy atom. The van der Waals surface area contributed by atoms with Gasteiger partial charge in [0.25, 0.3) is 0 Å². The van der Waals surface area contributed by atoms with Crippen LogP contribution in [0.25, 0.3) is 27.6 Å². The number of rotatable bonds is 6. The van der Waals surface area contributed by atoms with E-state index in [2.05, 4.69) is 58.5 Å².